The van der Waals surface area contributed by atoms with E-state index in [1.165, 1.54) is 0 Å². The molecule has 0 aromatic heterocycles. The standard InChI is InChI=1S/C15H19Cl2N3O2.ClH/c1-18-6-5-13(21)19-7-9-20(10-8-19)15(22)14-11(16)3-2-4-12(14)17;/h2-4,18H,5-10H2,1H3;1H. The van der Waals surface area contributed by atoms with Crippen LogP contribution in [-0.4, -0.2) is 61.4 Å². The van der Waals surface area contributed by atoms with Crippen LogP contribution in [0.15, 0.2) is 18.2 Å². The van der Waals surface area contributed by atoms with Crippen LogP contribution in [0.5, 0.6) is 0 Å². The molecule has 0 unspecified atom stereocenters. The van der Waals surface area contributed by atoms with Gasteiger partial charge in [0.25, 0.3) is 5.91 Å². The Bertz CT molecular complexity index is 541. The first-order valence-electron chi connectivity index (χ1n) is 7.20. The fraction of sp³-hybridized carbons (Fsp3) is 0.467. The van der Waals surface area contributed by atoms with Gasteiger partial charge in [0.1, 0.15) is 0 Å². The summed E-state index contributed by atoms with van der Waals surface area (Å²) in [5.74, 6) is -0.0739. The number of hydrogen-bond donors (Lipinski definition) is 1. The van der Waals surface area contributed by atoms with E-state index in [2.05, 4.69) is 5.32 Å². The zero-order chi connectivity index (χ0) is 16.1. The molecule has 1 aliphatic heterocycles. The molecule has 1 aromatic rings. The summed E-state index contributed by atoms with van der Waals surface area (Å²) in [6.45, 7) is 2.72. The first-order chi connectivity index (χ1) is 10.5. The lowest BCUT2D eigenvalue weighted by Gasteiger charge is -2.35. The lowest BCUT2D eigenvalue weighted by Crippen LogP contribution is -2.51. The summed E-state index contributed by atoms with van der Waals surface area (Å²) in [6.07, 6.45) is 0.473. The van der Waals surface area contributed by atoms with Gasteiger partial charge in [-0.1, -0.05) is 29.3 Å². The Hall–Kier alpha value is -1.01. The van der Waals surface area contributed by atoms with E-state index in [-0.39, 0.29) is 24.2 Å². The molecule has 1 aliphatic rings. The van der Waals surface area contributed by atoms with E-state index < -0.39 is 0 Å². The minimum atomic E-state index is -0.182. The number of hydrogen-bond acceptors (Lipinski definition) is 3. The van der Waals surface area contributed by atoms with Crippen molar-refractivity contribution in [3.8, 4) is 0 Å². The minimum Gasteiger partial charge on any atom is -0.339 e. The molecule has 0 saturated carbocycles. The molecule has 0 aliphatic carbocycles. The number of carbonyl (C=O) groups is 2. The first kappa shape index (κ1) is 20.0. The van der Waals surface area contributed by atoms with Crippen LogP contribution in [0.2, 0.25) is 10.0 Å². The molecule has 1 saturated heterocycles. The predicted molar refractivity (Wildman–Crippen MR) is 94.7 cm³/mol. The second-order valence-corrected chi connectivity index (χ2v) is 5.94. The van der Waals surface area contributed by atoms with E-state index in [0.717, 1.165) is 0 Å². The summed E-state index contributed by atoms with van der Waals surface area (Å²) in [5.41, 5.74) is 0.334. The number of nitrogens with one attached hydrogen (secondary N) is 1. The highest BCUT2D eigenvalue weighted by Crippen LogP contribution is 2.26. The highest BCUT2D eigenvalue weighted by Gasteiger charge is 2.26. The van der Waals surface area contributed by atoms with Crippen molar-refractivity contribution in [1.82, 2.24) is 15.1 Å². The van der Waals surface area contributed by atoms with Crippen LogP contribution in [0.1, 0.15) is 16.8 Å². The summed E-state index contributed by atoms with van der Waals surface area (Å²) < 4.78 is 0. The van der Waals surface area contributed by atoms with Crippen molar-refractivity contribution in [3.05, 3.63) is 33.8 Å². The molecule has 2 rings (SSSR count). The lowest BCUT2D eigenvalue weighted by molar-refractivity contribution is -0.132. The predicted octanol–water partition coefficient (Wildman–Crippen LogP) is 2.31. The molecular weight excluding hydrogens is 361 g/mol. The molecule has 0 bridgehead atoms. The van der Waals surface area contributed by atoms with E-state index in [0.29, 0.717) is 54.8 Å². The number of rotatable bonds is 4. The van der Waals surface area contributed by atoms with E-state index in [9.17, 15) is 9.59 Å². The quantitative estimate of drug-likeness (QED) is 0.872. The Morgan fingerprint density at radius 2 is 1.61 bits per heavy atom. The van der Waals surface area contributed by atoms with Gasteiger partial charge in [-0.2, -0.15) is 0 Å². The van der Waals surface area contributed by atoms with Crippen molar-refractivity contribution < 1.29 is 9.59 Å². The summed E-state index contributed by atoms with van der Waals surface area (Å²) >= 11 is 12.2. The summed E-state index contributed by atoms with van der Waals surface area (Å²) in [7, 11) is 1.82. The van der Waals surface area contributed by atoms with Crippen LogP contribution in [-0.2, 0) is 4.79 Å². The number of amides is 2. The molecule has 1 fully saturated rings. The Morgan fingerprint density at radius 1 is 1.09 bits per heavy atom. The normalized spacial score (nSPS) is 14.4. The molecule has 23 heavy (non-hydrogen) atoms. The lowest BCUT2D eigenvalue weighted by atomic mass is 10.1. The SMILES string of the molecule is CNCCC(=O)N1CCN(C(=O)c2c(Cl)cccc2Cl)CC1.Cl. The topological polar surface area (TPSA) is 52.7 Å². The van der Waals surface area contributed by atoms with E-state index in [1.54, 1.807) is 28.0 Å². The van der Waals surface area contributed by atoms with Gasteiger partial charge in [-0.05, 0) is 19.2 Å². The smallest absolute Gasteiger partial charge is 0.257 e. The van der Waals surface area contributed by atoms with Crippen molar-refractivity contribution >= 4 is 47.4 Å². The molecule has 1 heterocycles. The summed E-state index contributed by atoms with van der Waals surface area (Å²) in [4.78, 5) is 28.0. The minimum absolute atomic E-state index is 0. The molecular formula is C15H20Cl3N3O2. The average Bonchev–Trinajstić information content (AvgIpc) is 2.52. The third-order valence-corrected chi connectivity index (χ3v) is 4.32. The van der Waals surface area contributed by atoms with Gasteiger partial charge in [0.15, 0.2) is 0 Å². The molecule has 2 amide bonds. The number of carbonyl (C=O) groups excluding carboxylic acids is 2. The zero-order valence-corrected chi connectivity index (χ0v) is 15.2. The molecule has 0 atom stereocenters. The molecule has 5 nitrogen and oxygen atoms in total. The van der Waals surface area contributed by atoms with Crippen molar-refractivity contribution in [2.24, 2.45) is 0 Å². The van der Waals surface area contributed by atoms with Gasteiger partial charge >= 0.3 is 0 Å². The Kier molecular flexibility index (Phi) is 8.12. The van der Waals surface area contributed by atoms with Crippen LogP contribution in [0, 0.1) is 0 Å². The van der Waals surface area contributed by atoms with Crippen molar-refractivity contribution in [3.63, 3.8) is 0 Å². The monoisotopic (exact) mass is 379 g/mol. The van der Waals surface area contributed by atoms with Gasteiger partial charge in [-0.15, -0.1) is 12.4 Å². The molecule has 1 N–H and O–H groups in total. The third kappa shape index (κ3) is 4.98. The van der Waals surface area contributed by atoms with Gasteiger partial charge in [0.05, 0.1) is 15.6 Å². The second kappa shape index (κ2) is 9.33. The maximum absolute atomic E-state index is 12.5. The van der Waals surface area contributed by atoms with Crippen molar-refractivity contribution in [2.75, 3.05) is 39.8 Å². The van der Waals surface area contributed by atoms with Gasteiger partial charge in [0, 0.05) is 39.1 Å². The van der Waals surface area contributed by atoms with Crippen LogP contribution in [0.3, 0.4) is 0 Å². The second-order valence-electron chi connectivity index (χ2n) is 5.12. The largest absolute Gasteiger partial charge is 0.339 e. The molecule has 0 radical (unpaired) electrons. The van der Waals surface area contributed by atoms with E-state index >= 15 is 0 Å². The Labute approximate surface area is 152 Å². The van der Waals surface area contributed by atoms with Crippen molar-refractivity contribution in [2.45, 2.75) is 6.42 Å². The molecule has 1 aromatic carbocycles. The van der Waals surface area contributed by atoms with Gasteiger partial charge in [0.2, 0.25) is 5.91 Å². The summed E-state index contributed by atoms with van der Waals surface area (Å²) in [6, 6.07) is 5.01. The number of benzene rings is 1. The van der Waals surface area contributed by atoms with Crippen LogP contribution in [0.25, 0.3) is 0 Å². The van der Waals surface area contributed by atoms with E-state index in [1.807, 2.05) is 7.05 Å². The number of piperazine rings is 1. The average molecular weight is 381 g/mol. The van der Waals surface area contributed by atoms with Crippen molar-refractivity contribution in [1.29, 1.82) is 0 Å². The third-order valence-electron chi connectivity index (χ3n) is 3.69. The van der Waals surface area contributed by atoms with Crippen LogP contribution < -0.4 is 5.32 Å². The van der Waals surface area contributed by atoms with Gasteiger partial charge < -0.3 is 15.1 Å². The Morgan fingerprint density at radius 3 is 2.13 bits per heavy atom. The van der Waals surface area contributed by atoms with Crippen LogP contribution in [0.4, 0.5) is 0 Å². The maximum atomic E-state index is 12.5. The Balaban J connectivity index is 0.00000264. The van der Waals surface area contributed by atoms with Gasteiger partial charge in [-0.3, -0.25) is 9.59 Å². The molecule has 128 valence electrons. The number of nitrogens with zero attached hydrogens (tertiary/aromatic N) is 2. The highest BCUT2D eigenvalue weighted by atomic mass is 35.5. The van der Waals surface area contributed by atoms with E-state index in [4.69, 9.17) is 23.2 Å². The molecule has 8 heteroatoms. The zero-order valence-electron chi connectivity index (χ0n) is 12.8. The van der Waals surface area contributed by atoms with Crippen LogP contribution >= 0.6 is 35.6 Å². The fourth-order valence-electron chi connectivity index (χ4n) is 2.41. The highest BCUT2D eigenvalue weighted by molar-refractivity contribution is 6.39. The van der Waals surface area contributed by atoms with Gasteiger partial charge in [-0.25, -0.2) is 0 Å². The molecule has 0 spiro atoms. The maximum Gasteiger partial charge on any atom is 0.257 e. The summed E-state index contributed by atoms with van der Waals surface area (Å²) in [5, 5.41) is 3.66. The first-order valence-corrected chi connectivity index (χ1v) is 7.96. The fourth-order valence-corrected chi connectivity index (χ4v) is 2.97. The number of halogens is 3.